The first-order chi connectivity index (χ1) is 10.8. The molecule has 0 aliphatic rings. The zero-order chi connectivity index (χ0) is 15.4. The van der Waals surface area contributed by atoms with E-state index < -0.39 is 0 Å². The standard InChI is InChI=1S/C16H13N5S/c1-11-14(10-20-15-13(9-17)18-7-8-19-15)22-16(21-11)12-5-3-2-4-6-12/h2-8H,10H2,1H3,(H,19,20). The Bertz CT molecular complexity index is 820. The highest BCUT2D eigenvalue weighted by Crippen LogP contribution is 2.28. The van der Waals surface area contributed by atoms with Crippen LogP contribution in [0.4, 0.5) is 5.82 Å². The molecule has 6 heteroatoms. The van der Waals surface area contributed by atoms with Crippen LogP contribution >= 0.6 is 11.3 Å². The Morgan fingerprint density at radius 3 is 2.73 bits per heavy atom. The molecular weight excluding hydrogens is 294 g/mol. The lowest BCUT2D eigenvalue weighted by atomic mass is 10.2. The third-order valence-electron chi connectivity index (χ3n) is 3.13. The molecule has 0 fully saturated rings. The average Bonchev–Trinajstić information content (AvgIpc) is 2.95. The van der Waals surface area contributed by atoms with Crippen LogP contribution in [-0.2, 0) is 6.54 Å². The van der Waals surface area contributed by atoms with E-state index >= 15 is 0 Å². The summed E-state index contributed by atoms with van der Waals surface area (Å²) in [4.78, 5) is 13.9. The lowest BCUT2D eigenvalue weighted by Gasteiger charge is -2.04. The van der Waals surface area contributed by atoms with E-state index in [1.807, 2.05) is 43.3 Å². The molecule has 2 aromatic heterocycles. The zero-order valence-corrected chi connectivity index (χ0v) is 12.8. The number of nitrogens with one attached hydrogen (secondary N) is 1. The SMILES string of the molecule is Cc1nc(-c2ccccc2)sc1CNc1nccnc1C#N. The lowest BCUT2D eigenvalue weighted by Crippen LogP contribution is -2.04. The lowest BCUT2D eigenvalue weighted by molar-refractivity contribution is 1.07. The Labute approximate surface area is 132 Å². The van der Waals surface area contributed by atoms with Crippen molar-refractivity contribution in [1.82, 2.24) is 15.0 Å². The minimum atomic E-state index is 0.299. The van der Waals surface area contributed by atoms with Gasteiger partial charge in [-0.25, -0.2) is 15.0 Å². The molecule has 3 rings (SSSR count). The minimum Gasteiger partial charge on any atom is -0.363 e. The molecule has 22 heavy (non-hydrogen) atoms. The van der Waals surface area contributed by atoms with Gasteiger partial charge in [0, 0.05) is 22.8 Å². The third-order valence-corrected chi connectivity index (χ3v) is 4.34. The van der Waals surface area contributed by atoms with Crippen LogP contribution in [0.2, 0.25) is 0 Å². The van der Waals surface area contributed by atoms with Gasteiger partial charge < -0.3 is 5.32 Å². The Morgan fingerprint density at radius 1 is 1.18 bits per heavy atom. The van der Waals surface area contributed by atoms with Gasteiger partial charge in [0.25, 0.3) is 0 Å². The van der Waals surface area contributed by atoms with Crippen molar-refractivity contribution < 1.29 is 0 Å². The largest absolute Gasteiger partial charge is 0.363 e. The number of nitrogens with zero attached hydrogens (tertiary/aromatic N) is 4. The first-order valence-electron chi connectivity index (χ1n) is 6.74. The summed E-state index contributed by atoms with van der Waals surface area (Å²) in [5, 5.41) is 13.2. The predicted molar refractivity (Wildman–Crippen MR) is 86.4 cm³/mol. The fraction of sp³-hybridized carbons (Fsp3) is 0.125. The van der Waals surface area contributed by atoms with Crippen LogP contribution in [0.1, 0.15) is 16.3 Å². The van der Waals surface area contributed by atoms with Crippen LogP contribution in [0.15, 0.2) is 42.7 Å². The van der Waals surface area contributed by atoms with Crippen LogP contribution < -0.4 is 5.32 Å². The van der Waals surface area contributed by atoms with Crippen LogP contribution in [0, 0.1) is 18.3 Å². The van der Waals surface area contributed by atoms with Crippen molar-refractivity contribution in [2.24, 2.45) is 0 Å². The maximum Gasteiger partial charge on any atom is 0.182 e. The van der Waals surface area contributed by atoms with Crippen molar-refractivity contribution in [3.63, 3.8) is 0 Å². The Balaban J connectivity index is 1.79. The molecule has 0 atom stereocenters. The maximum atomic E-state index is 9.02. The van der Waals surface area contributed by atoms with Crippen molar-refractivity contribution in [3.8, 4) is 16.6 Å². The van der Waals surface area contributed by atoms with Crippen LogP contribution in [0.25, 0.3) is 10.6 Å². The number of nitriles is 1. The number of anilines is 1. The summed E-state index contributed by atoms with van der Waals surface area (Å²) in [5.41, 5.74) is 2.39. The summed E-state index contributed by atoms with van der Waals surface area (Å²) in [5.74, 6) is 0.499. The molecular formula is C16H13N5S. The first kappa shape index (κ1) is 14.2. The van der Waals surface area contributed by atoms with Crippen LogP contribution in [0.3, 0.4) is 0 Å². The summed E-state index contributed by atoms with van der Waals surface area (Å²) in [6, 6.07) is 12.1. The molecule has 108 valence electrons. The highest BCUT2D eigenvalue weighted by Gasteiger charge is 2.10. The van der Waals surface area contributed by atoms with Crippen molar-refractivity contribution >= 4 is 17.2 Å². The van der Waals surface area contributed by atoms with E-state index in [2.05, 4.69) is 20.3 Å². The van der Waals surface area contributed by atoms with E-state index in [0.717, 1.165) is 21.1 Å². The van der Waals surface area contributed by atoms with E-state index in [1.54, 1.807) is 17.5 Å². The zero-order valence-electron chi connectivity index (χ0n) is 11.9. The molecule has 5 nitrogen and oxygen atoms in total. The molecule has 0 amide bonds. The van der Waals surface area contributed by atoms with Crippen LogP contribution in [0.5, 0.6) is 0 Å². The highest BCUT2D eigenvalue weighted by molar-refractivity contribution is 7.15. The number of benzene rings is 1. The fourth-order valence-electron chi connectivity index (χ4n) is 2.01. The monoisotopic (exact) mass is 307 g/mol. The highest BCUT2D eigenvalue weighted by atomic mass is 32.1. The molecule has 2 heterocycles. The van der Waals surface area contributed by atoms with Gasteiger partial charge in [0.05, 0.1) is 12.2 Å². The number of thiazole rings is 1. The number of aryl methyl sites for hydroxylation is 1. The van der Waals surface area contributed by atoms with Crippen molar-refractivity contribution in [1.29, 1.82) is 5.26 Å². The molecule has 0 radical (unpaired) electrons. The summed E-state index contributed by atoms with van der Waals surface area (Å²) in [7, 11) is 0. The number of aromatic nitrogens is 3. The minimum absolute atomic E-state index is 0.299. The van der Waals surface area contributed by atoms with E-state index in [-0.39, 0.29) is 0 Å². The summed E-state index contributed by atoms with van der Waals surface area (Å²) in [6.45, 7) is 2.56. The van der Waals surface area contributed by atoms with Gasteiger partial charge in [-0.1, -0.05) is 30.3 Å². The predicted octanol–water partition coefficient (Wildman–Crippen LogP) is 3.39. The molecule has 0 bridgehead atoms. The quantitative estimate of drug-likeness (QED) is 0.799. The summed E-state index contributed by atoms with van der Waals surface area (Å²) >= 11 is 1.64. The summed E-state index contributed by atoms with van der Waals surface area (Å²) < 4.78 is 0. The third kappa shape index (κ3) is 2.95. The molecule has 0 aliphatic heterocycles. The van der Waals surface area contributed by atoms with E-state index in [9.17, 15) is 0 Å². The van der Waals surface area contributed by atoms with Gasteiger partial charge in [-0.05, 0) is 6.92 Å². The van der Waals surface area contributed by atoms with Crippen molar-refractivity contribution in [2.45, 2.75) is 13.5 Å². The molecule has 3 aromatic rings. The second-order valence-electron chi connectivity index (χ2n) is 4.61. The normalized spacial score (nSPS) is 10.2. The number of rotatable bonds is 4. The molecule has 0 saturated heterocycles. The van der Waals surface area contributed by atoms with Crippen LogP contribution in [-0.4, -0.2) is 15.0 Å². The Kier molecular flexibility index (Phi) is 4.08. The molecule has 0 unspecified atom stereocenters. The average molecular weight is 307 g/mol. The first-order valence-corrected chi connectivity index (χ1v) is 7.56. The molecule has 1 N–H and O–H groups in total. The number of hydrogen-bond donors (Lipinski definition) is 1. The van der Waals surface area contributed by atoms with Gasteiger partial charge in [-0.2, -0.15) is 5.26 Å². The van der Waals surface area contributed by atoms with E-state index in [4.69, 9.17) is 5.26 Å². The smallest absolute Gasteiger partial charge is 0.182 e. The Hall–Kier alpha value is -2.78. The van der Waals surface area contributed by atoms with Gasteiger partial charge in [0.1, 0.15) is 11.1 Å². The van der Waals surface area contributed by atoms with Gasteiger partial charge in [0.15, 0.2) is 11.5 Å². The molecule has 1 aromatic carbocycles. The molecule has 0 spiro atoms. The topological polar surface area (TPSA) is 74.5 Å². The number of hydrogen-bond acceptors (Lipinski definition) is 6. The Morgan fingerprint density at radius 2 is 1.95 bits per heavy atom. The molecule has 0 saturated carbocycles. The van der Waals surface area contributed by atoms with E-state index in [0.29, 0.717) is 18.1 Å². The second kappa shape index (κ2) is 6.33. The van der Waals surface area contributed by atoms with Gasteiger partial charge in [-0.15, -0.1) is 11.3 Å². The van der Waals surface area contributed by atoms with Gasteiger partial charge in [0.2, 0.25) is 0 Å². The van der Waals surface area contributed by atoms with Crippen molar-refractivity contribution in [2.75, 3.05) is 5.32 Å². The maximum absolute atomic E-state index is 9.02. The fourth-order valence-corrected chi connectivity index (χ4v) is 3.02. The van der Waals surface area contributed by atoms with E-state index in [1.165, 1.54) is 6.20 Å². The van der Waals surface area contributed by atoms with Crippen molar-refractivity contribution in [3.05, 3.63) is 59.0 Å². The van der Waals surface area contributed by atoms with Gasteiger partial charge in [-0.3, -0.25) is 0 Å². The second-order valence-corrected chi connectivity index (χ2v) is 5.70. The van der Waals surface area contributed by atoms with Gasteiger partial charge >= 0.3 is 0 Å². The molecule has 0 aliphatic carbocycles. The summed E-state index contributed by atoms with van der Waals surface area (Å²) in [6.07, 6.45) is 3.08.